The quantitative estimate of drug-likeness (QED) is 0.627. The molecule has 2 rings (SSSR count). The number of esters is 1. The summed E-state index contributed by atoms with van der Waals surface area (Å²) in [5.74, 6) is -0.399. The van der Waals surface area contributed by atoms with E-state index in [-0.39, 0.29) is 0 Å². The van der Waals surface area contributed by atoms with Gasteiger partial charge in [0.1, 0.15) is 5.60 Å². The number of hydrogen-bond acceptors (Lipinski definition) is 4. The van der Waals surface area contributed by atoms with Crippen LogP contribution in [0, 0.1) is 0 Å². The van der Waals surface area contributed by atoms with Gasteiger partial charge in [-0.05, 0) is 26.8 Å². The van der Waals surface area contributed by atoms with Gasteiger partial charge in [-0.2, -0.15) is 0 Å². The predicted octanol–water partition coefficient (Wildman–Crippen LogP) is 3.40. The van der Waals surface area contributed by atoms with Crippen LogP contribution in [0.25, 0.3) is 11.0 Å². The molecule has 0 aliphatic rings. The Hall–Kier alpha value is -1.33. The maximum atomic E-state index is 11.6. The van der Waals surface area contributed by atoms with Gasteiger partial charge in [0.15, 0.2) is 10.1 Å². The molecule has 2 heterocycles. The number of nitrogens with zero attached hydrogens (tertiary/aromatic N) is 2. The van der Waals surface area contributed by atoms with Crippen molar-refractivity contribution in [2.24, 2.45) is 0 Å². The molecule has 2 aromatic rings. The number of carbonyl (C=O) groups excluding carboxylic acids is 1. The average Bonchev–Trinajstić information content (AvgIpc) is 2.72. The molecular formula is C12H13ClN2O2S. The summed E-state index contributed by atoms with van der Waals surface area (Å²) in [5.41, 5.74) is 0.180. The lowest BCUT2D eigenvalue weighted by atomic mass is 10.2. The molecule has 0 aromatic carbocycles. The Morgan fingerprint density at radius 3 is 2.94 bits per heavy atom. The van der Waals surface area contributed by atoms with Crippen LogP contribution >= 0.6 is 22.9 Å². The van der Waals surface area contributed by atoms with E-state index >= 15 is 0 Å². The normalized spacial score (nSPS) is 12.4. The summed E-state index contributed by atoms with van der Waals surface area (Å²) in [7, 11) is 0. The van der Waals surface area contributed by atoms with E-state index in [0.29, 0.717) is 10.8 Å². The Morgan fingerprint density at radius 1 is 1.56 bits per heavy atom. The molecule has 0 amide bonds. The molecule has 0 radical (unpaired) electrons. The molecule has 0 atom stereocenters. The molecule has 0 saturated carbocycles. The van der Waals surface area contributed by atoms with Crippen LogP contribution in [0.4, 0.5) is 0 Å². The minimum Gasteiger partial charge on any atom is -0.457 e. The van der Waals surface area contributed by atoms with Gasteiger partial charge < -0.3 is 4.74 Å². The van der Waals surface area contributed by atoms with Crippen LogP contribution in [-0.4, -0.2) is 21.0 Å². The highest BCUT2D eigenvalue weighted by atomic mass is 35.5. The highest BCUT2D eigenvalue weighted by Gasteiger charge is 2.14. The summed E-state index contributed by atoms with van der Waals surface area (Å²) in [6, 6.07) is 0. The summed E-state index contributed by atoms with van der Waals surface area (Å²) in [5, 5.41) is 2.28. The molecule has 0 saturated heterocycles. The number of hydrogen-bond donors (Lipinski definition) is 0. The van der Waals surface area contributed by atoms with Crippen LogP contribution in [0.1, 0.15) is 26.5 Å². The standard InChI is InChI=1S/C12H13ClN2O2S/c1-12(2,3)17-9(16)5-4-8-10(13)14-11-15(8)6-7-18-11/h4-7H,1-3H3/b5-4-. The fraction of sp³-hybridized carbons (Fsp3) is 0.333. The highest BCUT2D eigenvalue weighted by Crippen LogP contribution is 2.22. The Bertz CT molecular complexity index is 607. The van der Waals surface area contributed by atoms with Crippen LogP contribution in [0.3, 0.4) is 0 Å². The lowest BCUT2D eigenvalue weighted by Crippen LogP contribution is -2.22. The highest BCUT2D eigenvalue weighted by molar-refractivity contribution is 7.15. The van der Waals surface area contributed by atoms with Crippen molar-refractivity contribution in [1.82, 2.24) is 9.38 Å². The first-order chi connectivity index (χ1) is 8.37. The number of aromatic nitrogens is 2. The smallest absolute Gasteiger partial charge is 0.331 e. The minimum absolute atomic E-state index is 0.377. The van der Waals surface area contributed by atoms with Crippen molar-refractivity contribution in [3.05, 3.63) is 28.5 Å². The second-order valence-corrected chi connectivity index (χ2v) is 5.94. The molecule has 0 unspecified atom stereocenters. The molecule has 0 spiro atoms. The van der Waals surface area contributed by atoms with Gasteiger partial charge >= 0.3 is 5.97 Å². The third kappa shape index (κ3) is 2.91. The third-order valence-corrected chi connectivity index (χ3v) is 3.07. The van der Waals surface area contributed by atoms with Gasteiger partial charge in [-0.15, -0.1) is 11.3 Å². The van der Waals surface area contributed by atoms with E-state index in [1.807, 2.05) is 36.7 Å². The molecule has 96 valence electrons. The van der Waals surface area contributed by atoms with Crippen LogP contribution in [0.2, 0.25) is 5.15 Å². The summed E-state index contributed by atoms with van der Waals surface area (Å²) in [6.07, 6.45) is 4.83. The second-order valence-electron chi connectivity index (χ2n) is 4.71. The molecular weight excluding hydrogens is 272 g/mol. The molecule has 18 heavy (non-hydrogen) atoms. The fourth-order valence-electron chi connectivity index (χ4n) is 1.41. The van der Waals surface area contributed by atoms with Crippen molar-refractivity contribution in [3.63, 3.8) is 0 Å². The third-order valence-electron chi connectivity index (χ3n) is 2.04. The zero-order valence-electron chi connectivity index (χ0n) is 10.3. The van der Waals surface area contributed by atoms with E-state index < -0.39 is 11.6 Å². The van der Waals surface area contributed by atoms with Crippen LogP contribution in [-0.2, 0) is 9.53 Å². The number of thiazole rings is 1. The minimum atomic E-state index is -0.500. The number of imidazole rings is 1. The summed E-state index contributed by atoms with van der Waals surface area (Å²) < 4.78 is 7.00. The van der Waals surface area contributed by atoms with Crippen molar-refractivity contribution in [3.8, 4) is 0 Å². The number of ether oxygens (including phenoxy) is 1. The Balaban J connectivity index is 2.20. The van der Waals surface area contributed by atoms with Crippen molar-refractivity contribution in [2.75, 3.05) is 0 Å². The number of fused-ring (bicyclic) bond motifs is 1. The maximum Gasteiger partial charge on any atom is 0.331 e. The van der Waals surface area contributed by atoms with Gasteiger partial charge in [-0.25, -0.2) is 9.78 Å². The molecule has 0 aliphatic heterocycles. The lowest BCUT2D eigenvalue weighted by molar-refractivity contribution is -0.148. The van der Waals surface area contributed by atoms with Gasteiger partial charge in [0, 0.05) is 17.7 Å². The second kappa shape index (κ2) is 4.74. The van der Waals surface area contributed by atoms with Gasteiger partial charge in [-0.1, -0.05) is 11.6 Å². The van der Waals surface area contributed by atoms with E-state index in [2.05, 4.69) is 4.98 Å². The van der Waals surface area contributed by atoms with E-state index in [1.165, 1.54) is 17.4 Å². The van der Waals surface area contributed by atoms with E-state index in [4.69, 9.17) is 16.3 Å². The Labute approximate surface area is 114 Å². The Morgan fingerprint density at radius 2 is 2.28 bits per heavy atom. The van der Waals surface area contributed by atoms with Crippen LogP contribution in [0.15, 0.2) is 17.7 Å². The van der Waals surface area contributed by atoms with Crippen LogP contribution in [0.5, 0.6) is 0 Å². The molecule has 0 bridgehead atoms. The summed E-state index contributed by atoms with van der Waals surface area (Å²) >= 11 is 7.48. The topological polar surface area (TPSA) is 43.6 Å². The first-order valence-corrected chi connectivity index (χ1v) is 6.65. The molecule has 6 heteroatoms. The Kier molecular flexibility index (Phi) is 3.45. The monoisotopic (exact) mass is 284 g/mol. The molecule has 4 nitrogen and oxygen atoms in total. The molecule has 0 fully saturated rings. The first kappa shape index (κ1) is 13.1. The van der Waals surface area contributed by atoms with Gasteiger partial charge in [0.2, 0.25) is 0 Å². The number of halogens is 1. The van der Waals surface area contributed by atoms with Crippen LogP contribution < -0.4 is 0 Å². The van der Waals surface area contributed by atoms with Crippen molar-refractivity contribution in [2.45, 2.75) is 26.4 Å². The van der Waals surface area contributed by atoms with E-state index in [1.54, 1.807) is 6.08 Å². The number of carbonyl (C=O) groups is 1. The van der Waals surface area contributed by atoms with Gasteiger partial charge in [-0.3, -0.25) is 4.40 Å². The summed E-state index contributed by atoms with van der Waals surface area (Å²) in [6.45, 7) is 5.46. The lowest BCUT2D eigenvalue weighted by Gasteiger charge is -2.17. The molecule has 0 aliphatic carbocycles. The van der Waals surface area contributed by atoms with Gasteiger partial charge in [0.05, 0.1) is 5.69 Å². The van der Waals surface area contributed by atoms with E-state index in [0.717, 1.165) is 4.96 Å². The fourth-order valence-corrected chi connectivity index (χ4v) is 2.41. The summed E-state index contributed by atoms with van der Waals surface area (Å²) in [4.78, 5) is 16.5. The van der Waals surface area contributed by atoms with Gasteiger partial charge in [0.25, 0.3) is 0 Å². The molecule has 0 N–H and O–H groups in total. The van der Waals surface area contributed by atoms with Crippen molar-refractivity contribution < 1.29 is 9.53 Å². The molecule has 2 aromatic heterocycles. The zero-order valence-corrected chi connectivity index (χ0v) is 11.9. The average molecular weight is 285 g/mol. The SMILES string of the molecule is CC(C)(C)OC(=O)/C=C\c1c(Cl)nc2sccn12. The zero-order chi connectivity index (χ0) is 13.3. The first-order valence-electron chi connectivity index (χ1n) is 5.39. The van der Waals surface area contributed by atoms with Crippen molar-refractivity contribution >= 4 is 39.9 Å². The van der Waals surface area contributed by atoms with E-state index in [9.17, 15) is 4.79 Å². The largest absolute Gasteiger partial charge is 0.457 e. The predicted molar refractivity (Wildman–Crippen MR) is 73.0 cm³/mol. The maximum absolute atomic E-state index is 11.6. The van der Waals surface area contributed by atoms with Crippen molar-refractivity contribution in [1.29, 1.82) is 0 Å². The number of rotatable bonds is 2.